The Hall–Kier alpha value is -1.32. The summed E-state index contributed by atoms with van der Waals surface area (Å²) in [5.74, 6) is -0.963. The van der Waals surface area contributed by atoms with Gasteiger partial charge in [0.1, 0.15) is 17.9 Å². The fraction of sp³-hybridized carbons (Fsp3) is 0.556. The largest absolute Gasteiger partial charge is 0.538 e. The molecule has 0 N–H and O–H groups in total. The quantitative estimate of drug-likeness (QED) is 0.546. The SMILES string of the molecule is C[n+]1ccn(C(C)(C)C)c1C(=O)[O-]. The molecule has 1 rings (SSSR count). The van der Waals surface area contributed by atoms with Crippen molar-refractivity contribution in [3.8, 4) is 0 Å². The lowest BCUT2D eigenvalue weighted by Gasteiger charge is -2.17. The summed E-state index contributed by atoms with van der Waals surface area (Å²) in [7, 11) is 1.69. The third-order valence-electron chi connectivity index (χ3n) is 1.91. The summed E-state index contributed by atoms with van der Waals surface area (Å²) in [6.45, 7) is 5.83. The van der Waals surface area contributed by atoms with E-state index in [2.05, 4.69) is 0 Å². The first-order chi connectivity index (χ1) is 5.84. The number of hydrogen-bond acceptors (Lipinski definition) is 2. The highest BCUT2D eigenvalue weighted by Crippen LogP contribution is 2.14. The molecule has 0 saturated carbocycles. The second kappa shape index (κ2) is 2.87. The van der Waals surface area contributed by atoms with Crippen molar-refractivity contribution in [2.24, 2.45) is 7.05 Å². The minimum atomic E-state index is -1.15. The zero-order chi connectivity index (χ0) is 10.2. The monoisotopic (exact) mass is 182 g/mol. The highest BCUT2D eigenvalue weighted by atomic mass is 16.4. The molecule has 0 spiro atoms. The van der Waals surface area contributed by atoms with E-state index < -0.39 is 5.97 Å². The Balaban J connectivity index is 3.31. The average Bonchev–Trinajstić information content (AvgIpc) is 2.28. The molecule has 0 aliphatic rings. The first-order valence-corrected chi connectivity index (χ1v) is 4.13. The maximum atomic E-state index is 10.8. The van der Waals surface area contributed by atoms with Crippen LogP contribution in [0, 0.1) is 0 Å². The van der Waals surface area contributed by atoms with Crippen molar-refractivity contribution in [1.29, 1.82) is 0 Å². The van der Waals surface area contributed by atoms with Crippen molar-refractivity contribution in [1.82, 2.24) is 4.57 Å². The van der Waals surface area contributed by atoms with E-state index in [0.717, 1.165) is 0 Å². The Morgan fingerprint density at radius 2 is 2.08 bits per heavy atom. The molecule has 0 atom stereocenters. The van der Waals surface area contributed by atoms with Crippen LogP contribution in [0.3, 0.4) is 0 Å². The van der Waals surface area contributed by atoms with Crippen LogP contribution in [0.1, 0.15) is 31.4 Å². The molecule has 72 valence electrons. The van der Waals surface area contributed by atoms with Crippen LogP contribution < -0.4 is 9.67 Å². The van der Waals surface area contributed by atoms with Crippen LogP contribution in [-0.2, 0) is 12.6 Å². The van der Waals surface area contributed by atoms with Crippen molar-refractivity contribution in [2.45, 2.75) is 26.3 Å². The standard InChI is InChI=1S/C9H14N2O2/c1-9(2,3)11-6-5-10(4)7(11)8(12)13/h5-6H,1-4H3. The average molecular weight is 182 g/mol. The minimum Gasteiger partial charge on any atom is -0.538 e. The summed E-state index contributed by atoms with van der Waals surface area (Å²) in [6.07, 6.45) is 3.45. The molecule has 1 aromatic rings. The van der Waals surface area contributed by atoms with E-state index in [-0.39, 0.29) is 11.4 Å². The van der Waals surface area contributed by atoms with E-state index in [1.54, 1.807) is 28.6 Å². The van der Waals surface area contributed by atoms with E-state index in [1.165, 1.54) is 0 Å². The number of carbonyl (C=O) groups is 1. The lowest BCUT2D eigenvalue weighted by Crippen LogP contribution is -2.43. The smallest absolute Gasteiger partial charge is 0.305 e. The van der Waals surface area contributed by atoms with E-state index in [1.807, 2.05) is 20.8 Å². The predicted molar refractivity (Wildman–Crippen MR) is 44.9 cm³/mol. The predicted octanol–water partition coefficient (Wildman–Crippen LogP) is -0.569. The number of hydrogen-bond donors (Lipinski definition) is 0. The van der Waals surface area contributed by atoms with Gasteiger partial charge < -0.3 is 9.90 Å². The van der Waals surface area contributed by atoms with Gasteiger partial charge in [-0.2, -0.15) is 0 Å². The molecule has 0 aromatic carbocycles. The molecular weight excluding hydrogens is 168 g/mol. The Bertz CT molecular complexity index is 334. The Kier molecular flexibility index (Phi) is 2.15. The van der Waals surface area contributed by atoms with Crippen molar-refractivity contribution >= 4 is 5.97 Å². The van der Waals surface area contributed by atoms with Gasteiger partial charge in [0.25, 0.3) is 0 Å². The summed E-state index contributed by atoms with van der Waals surface area (Å²) >= 11 is 0. The van der Waals surface area contributed by atoms with Crippen LogP contribution in [0.5, 0.6) is 0 Å². The van der Waals surface area contributed by atoms with Crippen LogP contribution in [0.2, 0.25) is 0 Å². The summed E-state index contributed by atoms with van der Waals surface area (Å²) in [6, 6.07) is 0. The molecular formula is C9H14N2O2. The summed E-state index contributed by atoms with van der Waals surface area (Å²) in [5, 5.41) is 10.8. The molecule has 0 amide bonds. The van der Waals surface area contributed by atoms with Crippen LogP contribution in [0.4, 0.5) is 0 Å². The molecule has 4 nitrogen and oxygen atoms in total. The van der Waals surface area contributed by atoms with E-state index >= 15 is 0 Å². The Morgan fingerprint density at radius 3 is 2.38 bits per heavy atom. The van der Waals surface area contributed by atoms with Crippen molar-refractivity contribution in [3.63, 3.8) is 0 Å². The van der Waals surface area contributed by atoms with Crippen LogP contribution in [0.15, 0.2) is 12.4 Å². The molecule has 13 heavy (non-hydrogen) atoms. The van der Waals surface area contributed by atoms with Gasteiger partial charge >= 0.3 is 5.82 Å². The Labute approximate surface area is 77.4 Å². The van der Waals surface area contributed by atoms with Crippen molar-refractivity contribution < 1.29 is 14.5 Å². The van der Waals surface area contributed by atoms with Gasteiger partial charge in [0.05, 0.1) is 7.05 Å². The Morgan fingerprint density at radius 1 is 1.54 bits per heavy atom. The number of rotatable bonds is 1. The van der Waals surface area contributed by atoms with Gasteiger partial charge in [-0.25, -0.2) is 9.13 Å². The molecule has 4 heteroatoms. The van der Waals surface area contributed by atoms with Gasteiger partial charge in [-0.3, -0.25) is 0 Å². The van der Waals surface area contributed by atoms with Crippen molar-refractivity contribution in [3.05, 3.63) is 18.2 Å². The lowest BCUT2D eigenvalue weighted by atomic mass is 10.1. The molecule has 0 fully saturated rings. The van der Waals surface area contributed by atoms with Gasteiger partial charge in [-0.1, -0.05) is 0 Å². The minimum absolute atomic E-state index is 0.188. The number of aromatic nitrogens is 2. The van der Waals surface area contributed by atoms with Gasteiger partial charge in [0.2, 0.25) is 0 Å². The van der Waals surface area contributed by atoms with Crippen LogP contribution >= 0.6 is 0 Å². The molecule has 0 saturated heterocycles. The molecule has 1 heterocycles. The molecule has 0 unspecified atom stereocenters. The second-order valence-corrected chi connectivity index (χ2v) is 4.06. The number of carboxylic acids is 1. The van der Waals surface area contributed by atoms with E-state index in [4.69, 9.17) is 0 Å². The van der Waals surface area contributed by atoms with Gasteiger partial charge in [-0.05, 0) is 20.8 Å². The van der Waals surface area contributed by atoms with Gasteiger partial charge in [0, 0.05) is 0 Å². The molecule has 0 aliphatic carbocycles. The van der Waals surface area contributed by atoms with Crippen LogP contribution in [0.25, 0.3) is 0 Å². The first-order valence-electron chi connectivity index (χ1n) is 4.13. The van der Waals surface area contributed by atoms with E-state index in [0.29, 0.717) is 0 Å². The zero-order valence-electron chi connectivity index (χ0n) is 8.37. The number of carboxylic acid groups (broad SMARTS) is 1. The zero-order valence-corrected chi connectivity index (χ0v) is 8.37. The first kappa shape index (κ1) is 9.77. The van der Waals surface area contributed by atoms with E-state index in [9.17, 15) is 9.90 Å². The lowest BCUT2D eigenvalue weighted by molar-refractivity contribution is -0.675. The maximum Gasteiger partial charge on any atom is 0.305 e. The summed E-state index contributed by atoms with van der Waals surface area (Å²) in [5.41, 5.74) is -0.239. The molecule has 1 aromatic heterocycles. The topological polar surface area (TPSA) is 48.9 Å². The van der Waals surface area contributed by atoms with Gasteiger partial charge in [0.15, 0.2) is 5.97 Å². The molecule has 0 bridgehead atoms. The van der Waals surface area contributed by atoms with Gasteiger partial charge in [-0.15, -0.1) is 0 Å². The second-order valence-electron chi connectivity index (χ2n) is 4.06. The number of aryl methyl sites for hydroxylation is 1. The third-order valence-corrected chi connectivity index (χ3v) is 1.91. The fourth-order valence-electron chi connectivity index (χ4n) is 1.26. The number of imidazole rings is 1. The molecule has 0 radical (unpaired) electrons. The number of carbonyl (C=O) groups excluding carboxylic acids is 1. The number of aromatic carboxylic acids is 1. The third kappa shape index (κ3) is 1.71. The normalized spacial score (nSPS) is 11.7. The fourth-order valence-corrected chi connectivity index (χ4v) is 1.26. The highest BCUT2D eigenvalue weighted by Gasteiger charge is 2.26. The summed E-state index contributed by atoms with van der Waals surface area (Å²) < 4.78 is 3.23. The van der Waals surface area contributed by atoms with Crippen LogP contribution in [-0.4, -0.2) is 10.5 Å². The highest BCUT2D eigenvalue weighted by molar-refractivity contribution is 5.79. The summed E-state index contributed by atoms with van der Waals surface area (Å²) in [4.78, 5) is 10.8. The number of nitrogens with zero attached hydrogens (tertiary/aromatic N) is 2. The maximum absolute atomic E-state index is 10.8. The molecule has 0 aliphatic heterocycles. The van der Waals surface area contributed by atoms with Crippen molar-refractivity contribution in [2.75, 3.05) is 0 Å².